The molecule has 0 saturated heterocycles. The van der Waals surface area contributed by atoms with Gasteiger partial charge in [-0.25, -0.2) is 0 Å². The van der Waals surface area contributed by atoms with Crippen LogP contribution in [0.4, 0.5) is 0 Å². The van der Waals surface area contributed by atoms with Crippen LogP contribution >= 0.6 is 0 Å². The van der Waals surface area contributed by atoms with Crippen LogP contribution in [0.1, 0.15) is 47.0 Å². The second kappa shape index (κ2) is 6.21. The number of carboxylic acid groups (broad SMARTS) is 1. The third kappa shape index (κ3) is 4.00. The van der Waals surface area contributed by atoms with E-state index >= 15 is 0 Å². The topological polar surface area (TPSA) is 66.4 Å². The lowest BCUT2D eigenvalue weighted by Gasteiger charge is -2.20. The largest absolute Gasteiger partial charge is 0.481 e. The Morgan fingerprint density at radius 2 is 1.78 bits per heavy atom. The van der Waals surface area contributed by atoms with Gasteiger partial charge in [0.2, 0.25) is 5.91 Å². The molecule has 0 spiro atoms. The van der Waals surface area contributed by atoms with Crippen LogP contribution < -0.4 is 5.32 Å². The van der Waals surface area contributed by atoms with Crippen molar-refractivity contribution in [3.8, 4) is 0 Å². The standard InChI is InChI=1S/C14H25NO3/c1-8(2)5-10(4)15-13(16)11-6-9(3)7-12(11)14(17)18/h8-12H,5-7H2,1-4H3,(H,15,16)(H,17,18)/t9?,10?,11-,12+/m0/s1. The molecule has 18 heavy (non-hydrogen) atoms. The quantitative estimate of drug-likeness (QED) is 0.792. The van der Waals surface area contributed by atoms with Gasteiger partial charge in [0.05, 0.1) is 11.8 Å². The number of carbonyl (C=O) groups excluding carboxylic acids is 1. The van der Waals surface area contributed by atoms with E-state index in [0.717, 1.165) is 6.42 Å². The Morgan fingerprint density at radius 1 is 1.22 bits per heavy atom. The van der Waals surface area contributed by atoms with Crippen molar-refractivity contribution in [3.05, 3.63) is 0 Å². The van der Waals surface area contributed by atoms with Gasteiger partial charge in [-0.15, -0.1) is 0 Å². The van der Waals surface area contributed by atoms with Crippen molar-refractivity contribution in [3.63, 3.8) is 0 Å². The molecule has 1 aliphatic carbocycles. The zero-order valence-corrected chi connectivity index (χ0v) is 11.8. The van der Waals surface area contributed by atoms with Crippen LogP contribution in [0.15, 0.2) is 0 Å². The molecule has 0 aromatic carbocycles. The summed E-state index contributed by atoms with van der Waals surface area (Å²) < 4.78 is 0. The van der Waals surface area contributed by atoms with Crippen LogP contribution in [0.3, 0.4) is 0 Å². The summed E-state index contributed by atoms with van der Waals surface area (Å²) in [7, 11) is 0. The maximum Gasteiger partial charge on any atom is 0.307 e. The van der Waals surface area contributed by atoms with Gasteiger partial charge >= 0.3 is 5.97 Å². The van der Waals surface area contributed by atoms with E-state index in [4.69, 9.17) is 5.11 Å². The molecule has 0 aliphatic heterocycles. The lowest BCUT2D eigenvalue weighted by molar-refractivity contribution is -0.146. The highest BCUT2D eigenvalue weighted by Crippen LogP contribution is 2.36. The van der Waals surface area contributed by atoms with Gasteiger partial charge in [0.25, 0.3) is 0 Å². The van der Waals surface area contributed by atoms with Gasteiger partial charge in [-0.1, -0.05) is 20.8 Å². The third-order valence-electron chi connectivity index (χ3n) is 3.67. The van der Waals surface area contributed by atoms with Crippen LogP contribution in [0, 0.1) is 23.7 Å². The van der Waals surface area contributed by atoms with Crippen LogP contribution in [0.2, 0.25) is 0 Å². The fourth-order valence-electron chi connectivity index (χ4n) is 2.97. The van der Waals surface area contributed by atoms with E-state index in [1.54, 1.807) is 0 Å². The molecule has 1 aliphatic rings. The van der Waals surface area contributed by atoms with Gasteiger partial charge in [-0.05, 0) is 38.0 Å². The minimum absolute atomic E-state index is 0.0834. The first-order valence-electron chi connectivity index (χ1n) is 6.84. The number of aliphatic carboxylic acids is 1. The smallest absolute Gasteiger partial charge is 0.307 e. The van der Waals surface area contributed by atoms with Crippen molar-refractivity contribution in [2.45, 2.75) is 53.0 Å². The molecule has 4 nitrogen and oxygen atoms in total. The zero-order chi connectivity index (χ0) is 13.9. The van der Waals surface area contributed by atoms with E-state index in [1.807, 2.05) is 13.8 Å². The summed E-state index contributed by atoms with van der Waals surface area (Å²) in [4.78, 5) is 23.3. The first-order chi connectivity index (χ1) is 8.31. The molecular formula is C14H25NO3. The predicted octanol–water partition coefficient (Wildman–Crippen LogP) is 2.28. The second-order valence-electron chi connectivity index (χ2n) is 6.17. The Labute approximate surface area is 109 Å². The fraction of sp³-hybridized carbons (Fsp3) is 0.857. The molecule has 1 amide bonds. The van der Waals surface area contributed by atoms with E-state index in [-0.39, 0.29) is 17.9 Å². The van der Waals surface area contributed by atoms with Crippen LogP contribution in [0.5, 0.6) is 0 Å². The number of hydrogen-bond acceptors (Lipinski definition) is 2. The summed E-state index contributed by atoms with van der Waals surface area (Å²) in [6.07, 6.45) is 2.23. The Kier molecular flexibility index (Phi) is 5.17. The minimum Gasteiger partial charge on any atom is -0.481 e. The minimum atomic E-state index is -0.837. The molecule has 2 N–H and O–H groups in total. The fourth-order valence-corrected chi connectivity index (χ4v) is 2.97. The van der Waals surface area contributed by atoms with Gasteiger partial charge in [0.1, 0.15) is 0 Å². The van der Waals surface area contributed by atoms with E-state index in [2.05, 4.69) is 19.2 Å². The van der Waals surface area contributed by atoms with Gasteiger partial charge in [0, 0.05) is 6.04 Å². The van der Waals surface area contributed by atoms with Gasteiger partial charge in [0.15, 0.2) is 0 Å². The van der Waals surface area contributed by atoms with E-state index in [9.17, 15) is 9.59 Å². The SMILES string of the molecule is CC(C)CC(C)NC(=O)[C@H]1CC(C)C[C@H]1C(=O)O. The lowest BCUT2D eigenvalue weighted by atomic mass is 9.94. The molecule has 0 aromatic heterocycles. The molecule has 4 atom stereocenters. The van der Waals surface area contributed by atoms with Crippen molar-refractivity contribution >= 4 is 11.9 Å². The third-order valence-corrected chi connectivity index (χ3v) is 3.67. The number of carbonyl (C=O) groups is 2. The highest BCUT2D eigenvalue weighted by atomic mass is 16.4. The van der Waals surface area contributed by atoms with Gasteiger partial charge in [-0.3, -0.25) is 9.59 Å². The highest BCUT2D eigenvalue weighted by Gasteiger charge is 2.41. The molecule has 1 saturated carbocycles. The second-order valence-corrected chi connectivity index (χ2v) is 6.17. The van der Waals surface area contributed by atoms with Crippen molar-refractivity contribution < 1.29 is 14.7 Å². The maximum atomic E-state index is 12.1. The molecule has 0 radical (unpaired) electrons. The number of rotatable bonds is 5. The predicted molar refractivity (Wildman–Crippen MR) is 70.1 cm³/mol. The average Bonchev–Trinajstić information content (AvgIpc) is 2.58. The highest BCUT2D eigenvalue weighted by molar-refractivity contribution is 5.85. The number of hydrogen-bond donors (Lipinski definition) is 2. The molecule has 4 heteroatoms. The van der Waals surface area contributed by atoms with E-state index < -0.39 is 11.9 Å². The van der Waals surface area contributed by atoms with Crippen molar-refractivity contribution in [2.24, 2.45) is 23.7 Å². The normalized spacial score (nSPS) is 29.3. The summed E-state index contributed by atoms with van der Waals surface area (Å²) in [5.41, 5.74) is 0. The van der Waals surface area contributed by atoms with Crippen LogP contribution in [-0.4, -0.2) is 23.0 Å². The molecule has 104 valence electrons. The van der Waals surface area contributed by atoms with E-state index in [1.165, 1.54) is 0 Å². The van der Waals surface area contributed by atoms with Gasteiger partial charge in [-0.2, -0.15) is 0 Å². The summed E-state index contributed by atoms with van der Waals surface area (Å²) in [5, 5.41) is 12.1. The summed E-state index contributed by atoms with van der Waals surface area (Å²) in [5.74, 6) is -0.936. The van der Waals surface area contributed by atoms with Crippen molar-refractivity contribution in [2.75, 3.05) is 0 Å². The number of amides is 1. The Morgan fingerprint density at radius 3 is 2.28 bits per heavy atom. The zero-order valence-electron chi connectivity index (χ0n) is 11.8. The van der Waals surface area contributed by atoms with Crippen LogP contribution in [0.25, 0.3) is 0 Å². The Bertz CT molecular complexity index is 314. The first kappa shape index (κ1) is 15.0. The number of carboxylic acids is 1. The molecule has 2 unspecified atom stereocenters. The summed E-state index contributed by atoms with van der Waals surface area (Å²) >= 11 is 0. The Hall–Kier alpha value is -1.06. The molecular weight excluding hydrogens is 230 g/mol. The number of nitrogens with one attached hydrogen (secondary N) is 1. The summed E-state index contributed by atoms with van der Waals surface area (Å²) in [6, 6.07) is 0.114. The summed E-state index contributed by atoms with van der Waals surface area (Å²) in [6.45, 7) is 8.22. The van der Waals surface area contributed by atoms with Gasteiger partial charge < -0.3 is 10.4 Å². The lowest BCUT2D eigenvalue weighted by Crippen LogP contribution is -2.40. The van der Waals surface area contributed by atoms with Crippen molar-refractivity contribution in [1.82, 2.24) is 5.32 Å². The van der Waals surface area contributed by atoms with E-state index in [0.29, 0.717) is 24.7 Å². The molecule has 1 rings (SSSR count). The van der Waals surface area contributed by atoms with Crippen molar-refractivity contribution in [1.29, 1.82) is 0 Å². The Balaban J connectivity index is 2.57. The molecule has 0 bridgehead atoms. The monoisotopic (exact) mass is 255 g/mol. The molecule has 0 heterocycles. The van der Waals surface area contributed by atoms with Crippen LogP contribution in [-0.2, 0) is 9.59 Å². The first-order valence-corrected chi connectivity index (χ1v) is 6.84. The average molecular weight is 255 g/mol. The molecule has 1 fully saturated rings. The maximum absolute atomic E-state index is 12.1. The molecule has 0 aromatic rings.